The summed E-state index contributed by atoms with van der Waals surface area (Å²) in [6.07, 6.45) is 1.64. The van der Waals surface area contributed by atoms with Gasteiger partial charge in [-0.25, -0.2) is 0 Å². The average Bonchev–Trinajstić information content (AvgIpc) is 2.67. The van der Waals surface area contributed by atoms with E-state index in [1.807, 2.05) is 0 Å². The second-order valence-corrected chi connectivity index (χ2v) is 7.20. The Labute approximate surface area is 128 Å². The molecule has 3 heteroatoms. The maximum absolute atomic E-state index is 11.8. The molecule has 116 valence electrons. The Morgan fingerprint density at radius 2 is 2.05 bits per heavy atom. The summed E-state index contributed by atoms with van der Waals surface area (Å²) < 4.78 is 0. The molecule has 0 radical (unpaired) electrons. The predicted molar refractivity (Wildman–Crippen MR) is 87.1 cm³/mol. The lowest BCUT2D eigenvalue weighted by Crippen LogP contribution is -2.35. The zero-order valence-corrected chi connectivity index (χ0v) is 13.7. The van der Waals surface area contributed by atoms with Gasteiger partial charge in [-0.05, 0) is 28.9 Å². The Balaban J connectivity index is 1.87. The van der Waals surface area contributed by atoms with Crippen LogP contribution in [0.2, 0.25) is 0 Å². The lowest BCUT2D eigenvalue weighted by atomic mass is 9.85. The van der Waals surface area contributed by atoms with E-state index < -0.39 is 0 Å². The lowest BCUT2D eigenvalue weighted by molar-refractivity contribution is -0.121. The molecule has 21 heavy (non-hydrogen) atoms. The van der Waals surface area contributed by atoms with Crippen molar-refractivity contribution in [3.8, 4) is 0 Å². The number of nitrogens with one attached hydrogen (secondary N) is 2. The molecule has 0 bridgehead atoms. The molecular formula is C18H28N2O. The minimum absolute atomic E-state index is 0.139. The number of fused-ring (bicyclic) bond motifs is 1. The molecule has 0 aromatic heterocycles. The first-order chi connectivity index (χ1) is 9.90. The number of benzene rings is 1. The zero-order valence-electron chi connectivity index (χ0n) is 13.7. The van der Waals surface area contributed by atoms with Gasteiger partial charge in [0.05, 0.1) is 0 Å². The second kappa shape index (κ2) is 6.61. The van der Waals surface area contributed by atoms with Crippen LogP contribution in [0.5, 0.6) is 0 Å². The lowest BCUT2D eigenvalue weighted by Gasteiger charge is -2.28. The van der Waals surface area contributed by atoms with Crippen molar-refractivity contribution >= 4 is 5.91 Å². The number of carbonyl (C=O) groups excluding carboxylic acids is 1. The van der Waals surface area contributed by atoms with Crippen molar-refractivity contribution in [2.24, 2.45) is 11.3 Å². The van der Waals surface area contributed by atoms with Crippen molar-refractivity contribution in [2.75, 3.05) is 13.1 Å². The Morgan fingerprint density at radius 1 is 1.33 bits per heavy atom. The first-order valence-electron chi connectivity index (χ1n) is 7.98. The number of rotatable bonds is 6. The van der Waals surface area contributed by atoms with Crippen LogP contribution in [0.25, 0.3) is 0 Å². The number of hydrogen-bond donors (Lipinski definition) is 2. The molecule has 0 heterocycles. The van der Waals surface area contributed by atoms with Gasteiger partial charge in [-0.2, -0.15) is 0 Å². The average molecular weight is 288 g/mol. The van der Waals surface area contributed by atoms with Gasteiger partial charge in [-0.15, -0.1) is 0 Å². The molecule has 1 aliphatic rings. The van der Waals surface area contributed by atoms with Crippen LogP contribution in [0.4, 0.5) is 0 Å². The third-order valence-corrected chi connectivity index (χ3v) is 4.20. The third kappa shape index (κ3) is 4.07. The highest BCUT2D eigenvalue weighted by molar-refractivity contribution is 5.76. The van der Waals surface area contributed by atoms with Crippen molar-refractivity contribution < 1.29 is 4.79 Å². The summed E-state index contributed by atoms with van der Waals surface area (Å²) in [5.74, 6) is 0.642. The van der Waals surface area contributed by atoms with Crippen molar-refractivity contribution in [3.05, 3.63) is 35.4 Å². The van der Waals surface area contributed by atoms with E-state index >= 15 is 0 Å². The van der Waals surface area contributed by atoms with Crippen LogP contribution < -0.4 is 10.6 Å². The van der Waals surface area contributed by atoms with E-state index in [-0.39, 0.29) is 11.3 Å². The maximum Gasteiger partial charge on any atom is 0.221 e. The Morgan fingerprint density at radius 3 is 2.76 bits per heavy atom. The van der Waals surface area contributed by atoms with Gasteiger partial charge in [-0.1, -0.05) is 52.0 Å². The molecule has 0 saturated carbocycles. The monoisotopic (exact) mass is 288 g/mol. The number of hydrogen-bond acceptors (Lipinski definition) is 2. The van der Waals surface area contributed by atoms with Crippen LogP contribution in [-0.4, -0.2) is 19.0 Å². The summed E-state index contributed by atoms with van der Waals surface area (Å²) in [5.41, 5.74) is 3.03. The highest BCUT2D eigenvalue weighted by Gasteiger charge is 2.38. The van der Waals surface area contributed by atoms with Crippen LogP contribution in [0, 0.1) is 11.3 Å². The molecule has 1 amide bonds. The highest BCUT2D eigenvalue weighted by Crippen LogP contribution is 2.44. The van der Waals surface area contributed by atoms with E-state index in [0.29, 0.717) is 18.4 Å². The standard InChI is InChI=1S/C18H28N2O/c1-13(2)12-20-16(21)9-10-19-17-15-8-6-5-7-14(15)11-18(17,3)4/h5-8,13,17,19H,9-12H2,1-4H3,(H,20,21). The van der Waals surface area contributed by atoms with E-state index in [9.17, 15) is 4.79 Å². The fraction of sp³-hybridized carbons (Fsp3) is 0.611. The van der Waals surface area contributed by atoms with Crippen LogP contribution >= 0.6 is 0 Å². The fourth-order valence-electron chi connectivity index (χ4n) is 3.11. The van der Waals surface area contributed by atoms with Crippen LogP contribution in [0.3, 0.4) is 0 Å². The summed E-state index contributed by atoms with van der Waals surface area (Å²) >= 11 is 0. The van der Waals surface area contributed by atoms with E-state index in [1.54, 1.807) is 0 Å². The normalized spacial score (nSPS) is 19.6. The van der Waals surface area contributed by atoms with Crippen LogP contribution in [0.15, 0.2) is 24.3 Å². The molecule has 2 N–H and O–H groups in total. The molecule has 1 aromatic carbocycles. The van der Waals surface area contributed by atoms with Crippen LogP contribution in [0.1, 0.15) is 51.3 Å². The van der Waals surface area contributed by atoms with Gasteiger partial charge in [0.15, 0.2) is 0 Å². The summed E-state index contributed by atoms with van der Waals surface area (Å²) in [7, 11) is 0. The van der Waals surface area contributed by atoms with Crippen molar-refractivity contribution in [2.45, 2.75) is 46.6 Å². The molecule has 1 aliphatic carbocycles. The van der Waals surface area contributed by atoms with Gasteiger partial charge in [-0.3, -0.25) is 4.79 Å². The zero-order chi connectivity index (χ0) is 15.5. The topological polar surface area (TPSA) is 41.1 Å². The van der Waals surface area contributed by atoms with Crippen molar-refractivity contribution in [3.63, 3.8) is 0 Å². The largest absolute Gasteiger partial charge is 0.356 e. The highest BCUT2D eigenvalue weighted by atomic mass is 16.1. The molecule has 0 fully saturated rings. The van der Waals surface area contributed by atoms with Gasteiger partial charge in [0.25, 0.3) is 0 Å². The first-order valence-corrected chi connectivity index (χ1v) is 7.98. The number of carbonyl (C=O) groups is 1. The minimum Gasteiger partial charge on any atom is -0.356 e. The van der Waals surface area contributed by atoms with Gasteiger partial charge >= 0.3 is 0 Å². The van der Waals surface area contributed by atoms with Crippen molar-refractivity contribution in [1.29, 1.82) is 0 Å². The van der Waals surface area contributed by atoms with Gasteiger partial charge < -0.3 is 10.6 Å². The molecule has 0 saturated heterocycles. The fourth-order valence-corrected chi connectivity index (χ4v) is 3.11. The minimum atomic E-state index is 0.139. The molecular weight excluding hydrogens is 260 g/mol. The quantitative estimate of drug-likeness (QED) is 0.844. The molecule has 0 aliphatic heterocycles. The first kappa shape index (κ1) is 16.0. The van der Waals surface area contributed by atoms with Gasteiger partial charge in [0.2, 0.25) is 5.91 Å². The smallest absolute Gasteiger partial charge is 0.221 e. The SMILES string of the molecule is CC(C)CNC(=O)CCNC1c2ccccc2CC1(C)C. The summed E-state index contributed by atoms with van der Waals surface area (Å²) in [5, 5.41) is 6.55. The second-order valence-electron chi connectivity index (χ2n) is 7.20. The summed E-state index contributed by atoms with van der Waals surface area (Å²) in [6, 6.07) is 8.97. The molecule has 3 nitrogen and oxygen atoms in total. The van der Waals surface area contributed by atoms with Gasteiger partial charge in [0.1, 0.15) is 0 Å². The van der Waals surface area contributed by atoms with Crippen molar-refractivity contribution in [1.82, 2.24) is 10.6 Å². The summed E-state index contributed by atoms with van der Waals surface area (Å²) in [6.45, 7) is 10.3. The molecule has 1 aromatic rings. The molecule has 1 atom stereocenters. The number of amides is 1. The molecule has 0 spiro atoms. The van der Waals surface area contributed by atoms with Gasteiger partial charge in [0, 0.05) is 25.6 Å². The van der Waals surface area contributed by atoms with E-state index in [2.05, 4.69) is 62.6 Å². The Hall–Kier alpha value is -1.35. The maximum atomic E-state index is 11.8. The van der Waals surface area contributed by atoms with E-state index in [4.69, 9.17) is 0 Å². The molecule has 1 unspecified atom stereocenters. The third-order valence-electron chi connectivity index (χ3n) is 4.20. The van der Waals surface area contributed by atoms with E-state index in [0.717, 1.165) is 19.5 Å². The predicted octanol–water partition coefficient (Wildman–Crippen LogP) is 3.06. The summed E-state index contributed by atoms with van der Waals surface area (Å²) in [4.78, 5) is 11.8. The molecule has 2 rings (SSSR count). The Kier molecular flexibility index (Phi) is 5.04. The Bertz CT molecular complexity index is 494. The van der Waals surface area contributed by atoms with E-state index in [1.165, 1.54) is 11.1 Å². The van der Waals surface area contributed by atoms with Crippen LogP contribution in [-0.2, 0) is 11.2 Å².